The third kappa shape index (κ3) is 8.87. The molecule has 0 atom stereocenters. The number of phosphoric acid groups is 2. The minimum atomic E-state index is -4.18. The number of phosphoric ester groups is 2. The van der Waals surface area contributed by atoms with E-state index in [-0.39, 0.29) is 0 Å². The van der Waals surface area contributed by atoms with E-state index >= 15 is 0 Å². The fourth-order valence-electron chi connectivity index (χ4n) is 5.78. The Morgan fingerprint density at radius 3 is 0.759 bits per heavy atom. The minimum Gasteiger partial charge on any atom is -0.386 e. The second kappa shape index (κ2) is 16.2. The van der Waals surface area contributed by atoms with Crippen LogP contribution in [0.2, 0.25) is 0 Å². The van der Waals surface area contributed by atoms with Crippen LogP contribution in [-0.4, -0.2) is 0 Å². The first-order chi connectivity index (χ1) is 26.3. The van der Waals surface area contributed by atoms with Crippen molar-refractivity contribution in [2.75, 3.05) is 0 Å². The maximum atomic E-state index is 14.1. The molecule has 0 aliphatic carbocycles. The van der Waals surface area contributed by atoms with E-state index < -0.39 is 21.1 Å². The number of rotatable bonds is 15. The van der Waals surface area contributed by atoms with Crippen LogP contribution in [-0.2, 0) is 14.5 Å². The zero-order valence-electron chi connectivity index (χ0n) is 29.2. The highest BCUT2D eigenvalue weighted by molar-refractivity contribution is 7.50. The first-order valence-corrected chi connectivity index (χ1v) is 20.1. The Labute approximate surface area is 314 Å². The zero-order valence-corrected chi connectivity index (χ0v) is 31.0. The van der Waals surface area contributed by atoms with E-state index in [1.54, 1.807) is 121 Å². The van der Waals surface area contributed by atoms with Gasteiger partial charge in [-0.1, -0.05) is 127 Å². The van der Waals surface area contributed by atoms with E-state index in [0.717, 1.165) is 16.7 Å². The van der Waals surface area contributed by atoms with E-state index in [0.29, 0.717) is 34.5 Å². The molecule has 0 aromatic heterocycles. The minimum absolute atomic E-state index is 0.292. The fraction of sp³-hybridized carbons (Fsp3) is 0.0455. The lowest BCUT2D eigenvalue weighted by Crippen LogP contribution is -2.25. The van der Waals surface area contributed by atoms with Crippen molar-refractivity contribution >= 4 is 15.6 Å². The molecule has 10 heteroatoms. The summed E-state index contributed by atoms with van der Waals surface area (Å²) in [5.41, 5.74) is 2.18. The molecule has 0 amide bonds. The van der Waals surface area contributed by atoms with Crippen molar-refractivity contribution in [3.63, 3.8) is 0 Å². The maximum Gasteiger partial charge on any atom is 0.647 e. The molecule has 0 unspecified atom stereocenters. The molecule has 8 nitrogen and oxygen atoms in total. The smallest absolute Gasteiger partial charge is 0.386 e. The summed E-state index contributed by atoms with van der Waals surface area (Å²) in [6, 6.07) is 59.6. The molecular weight excluding hydrogens is 718 g/mol. The van der Waals surface area contributed by atoms with Gasteiger partial charge in [-0.3, -0.25) is 0 Å². The van der Waals surface area contributed by atoms with Crippen molar-refractivity contribution < 1.29 is 36.3 Å². The summed E-state index contributed by atoms with van der Waals surface area (Å²) in [7, 11) is -8.36. The van der Waals surface area contributed by atoms with Crippen molar-refractivity contribution in [1.29, 1.82) is 0 Å². The molecule has 0 saturated heterocycles. The predicted molar refractivity (Wildman–Crippen MR) is 210 cm³/mol. The van der Waals surface area contributed by atoms with Gasteiger partial charge in [0.2, 0.25) is 0 Å². The average molecular weight is 755 g/mol. The molecule has 0 aliphatic rings. The van der Waals surface area contributed by atoms with E-state index in [9.17, 15) is 9.13 Å². The van der Waals surface area contributed by atoms with Crippen LogP contribution in [0.1, 0.15) is 23.6 Å². The monoisotopic (exact) mass is 754 g/mol. The van der Waals surface area contributed by atoms with Crippen LogP contribution in [0.15, 0.2) is 200 Å². The van der Waals surface area contributed by atoms with Crippen LogP contribution in [0.3, 0.4) is 0 Å². The Hall–Kier alpha value is -6.20. The van der Waals surface area contributed by atoms with Crippen molar-refractivity contribution in [2.45, 2.75) is 12.3 Å². The summed E-state index contributed by atoms with van der Waals surface area (Å²) in [5, 5.41) is 0. The van der Waals surface area contributed by atoms with Gasteiger partial charge in [0.15, 0.2) is 0 Å². The predicted octanol–water partition coefficient (Wildman–Crippen LogP) is 12.3. The second-order valence-electron chi connectivity index (χ2n) is 12.2. The summed E-state index contributed by atoms with van der Waals surface area (Å²) < 4.78 is 63.4. The Kier molecular flexibility index (Phi) is 10.9. The van der Waals surface area contributed by atoms with E-state index in [2.05, 4.69) is 19.1 Å². The lowest BCUT2D eigenvalue weighted by molar-refractivity contribution is 0.296. The van der Waals surface area contributed by atoms with Gasteiger partial charge in [-0.05, 0) is 96.4 Å². The lowest BCUT2D eigenvalue weighted by Gasteiger charge is -2.32. The quantitative estimate of drug-likeness (QED) is 0.0755. The average Bonchev–Trinajstić information content (AvgIpc) is 3.20. The van der Waals surface area contributed by atoms with Crippen LogP contribution >= 0.6 is 15.6 Å². The van der Waals surface area contributed by atoms with Crippen LogP contribution in [0, 0.1) is 0 Å². The molecule has 54 heavy (non-hydrogen) atoms. The van der Waals surface area contributed by atoms with Crippen molar-refractivity contribution in [3.05, 3.63) is 217 Å². The molecule has 270 valence electrons. The van der Waals surface area contributed by atoms with Gasteiger partial charge in [-0.15, -0.1) is 0 Å². The third-order valence-electron chi connectivity index (χ3n) is 8.49. The normalized spacial score (nSPS) is 11.6. The molecule has 0 bridgehead atoms. The molecule has 0 saturated carbocycles. The fourth-order valence-corrected chi connectivity index (χ4v) is 8.28. The van der Waals surface area contributed by atoms with Gasteiger partial charge < -0.3 is 27.1 Å². The third-order valence-corrected chi connectivity index (χ3v) is 11.1. The summed E-state index contributed by atoms with van der Waals surface area (Å²) in [6.07, 6.45) is 0. The van der Waals surface area contributed by atoms with Crippen molar-refractivity contribution in [1.82, 2.24) is 0 Å². The van der Waals surface area contributed by atoms with E-state index in [1.165, 1.54) is 0 Å². The number of para-hydroxylation sites is 4. The maximum absolute atomic E-state index is 14.1. The SMILES string of the molecule is CC(c1ccccc1)(c1ccc(OP(=O)(Oc2ccccc2)Oc2ccccc2)cc1)c1ccc(OP(=O)(Oc2ccccc2)Oc2ccccc2)cc1. The van der Waals surface area contributed by atoms with Crippen LogP contribution in [0.25, 0.3) is 0 Å². The second-order valence-corrected chi connectivity index (χ2v) is 15.1. The van der Waals surface area contributed by atoms with E-state index in [4.69, 9.17) is 27.1 Å². The van der Waals surface area contributed by atoms with Gasteiger partial charge in [0, 0.05) is 5.41 Å². The highest BCUT2D eigenvalue weighted by atomic mass is 31.2. The van der Waals surface area contributed by atoms with Crippen LogP contribution in [0.5, 0.6) is 34.5 Å². The summed E-state index contributed by atoms with van der Waals surface area (Å²) >= 11 is 0. The first-order valence-electron chi connectivity index (χ1n) is 17.1. The van der Waals surface area contributed by atoms with Gasteiger partial charge in [0.25, 0.3) is 0 Å². The molecular formula is C44H36O8P2. The molecule has 7 aromatic rings. The summed E-state index contributed by atoms with van der Waals surface area (Å²) in [5.74, 6) is 1.94. The molecule has 0 spiro atoms. The Morgan fingerprint density at radius 2 is 0.500 bits per heavy atom. The standard InChI is InChI=1S/C44H36O8P2/c1-44(35-17-7-2-8-18-35,36-27-31-42(32-28-36)51-53(45,47-38-19-9-3-10-20-38)48-39-21-11-4-12-22-39)37-29-33-43(34-30-37)52-54(46,49-40-23-13-5-14-24-40)50-41-25-15-6-16-26-41/h2-34H,1H3. The largest absolute Gasteiger partial charge is 0.647 e. The number of benzene rings is 7. The van der Waals surface area contributed by atoms with Gasteiger partial charge in [0.1, 0.15) is 34.5 Å². The van der Waals surface area contributed by atoms with Gasteiger partial charge in [-0.2, -0.15) is 9.13 Å². The Morgan fingerprint density at radius 1 is 0.296 bits per heavy atom. The summed E-state index contributed by atoms with van der Waals surface area (Å²) in [6.45, 7) is 2.11. The molecule has 0 N–H and O–H groups in total. The van der Waals surface area contributed by atoms with Crippen molar-refractivity contribution in [2.24, 2.45) is 0 Å². The van der Waals surface area contributed by atoms with Gasteiger partial charge in [-0.25, -0.2) is 0 Å². The van der Waals surface area contributed by atoms with Crippen molar-refractivity contribution in [3.8, 4) is 34.5 Å². The lowest BCUT2D eigenvalue weighted by atomic mass is 9.71. The highest BCUT2D eigenvalue weighted by Gasteiger charge is 2.36. The molecule has 7 rings (SSSR count). The van der Waals surface area contributed by atoms with Crippen LogP contribution < -0.4 is 27.1 Å². The zero-order chi connectivity index (χ0) is 37.3. The van der Waals surface area contributed by atoms with Crippen LogP contribution in [0.4, 0.5) is 0 Å². The first kappa shape index (κ1) is 36.2. The molecule has 0 aliphatic heterocycles. The molecule has 7 aromatic carbocycles. The molecule has 0 heterocycles. The molecule has 0 radical (unpaired) electrons. The van der Waals surface area contributed by atoms with E-state index in [1.807, 2.05) is 66.7 Å². The number of hydrogen-bond donors (Lipinski definition) is 0. The Bertz CT molecular complexity index is 2090. The molecule has 0 fully saturated rings. The van der Waals surface area contributed by atoms with Gasteiger partial charge >= 0.3 is 15.6 Å². The topological polar surface area (TPSA) is 89.5 Å². The Balaban J connectivity index is 1.17. The highest BCUT2D eigenvalue weighted by Crippen LogP contribution is 2.52. The summed E-state index contributed by atoms with van der Waals surface area (Å²) in [4.78, 5) is 0. The number of hydrogen-bond acceptors (Lipinski definition) is 8. The van der Waals surface area contributed by atoms with Gasteiger partial charge in [0.05, 0.1) is 0 Å².